The second-order valence-electron chi connectivity index (χ2n) is 5.35. The van der Waals surface area contributed by atoms with E-state index in [9.17, 15) is 18.0 Å². The highest BCUT2D eigenvalue weighted by atomic mass is 32.2. The fourth-order valence-corrected chi connectivity index (χ4v) is 3.17. The van der Waals surface area contributed by atoms with Crippen LogP contribution in [-0.2, 0) is 21.2 Å². The SMILES string of the molecule is CCC(=O)Cc1ccc(S(=O)(=O)NC(=O)c2ccccc2OC)cc1. The molecule has 132 valence electrons. The van der Waals surface area contributed by atoms with E-state index >= 15 is 0 Å². The van der Waals surface area contributed by atoms with E-state index in [1.165, 1.54) is 25.3 Å². The van der Waals surface area contributed by atoms with Crippen LogP contribution < -0.4 is 9.46 Å². The Morgan fingerprint density at radius 2 is 1.68 bits per heavy atom. The molecule has 7 heteroatoms. The van der Waals surface area contributed by atoms with Crippen molar-refractivity contribution in [2.45, 2.75) is 24.7 Å². The Hall–Kier alpha value is -2.67. The summed E-state index contributed by atoms with van der Waals surface area (Å²) in [5.41, 5.74) is 0.848. The maximum absolute atomic E-state index is 12.4. The van der Waals surface area contributed by atoms with Crippen molar-refractivity contribution in [3.63, 3.8) is 0 Å². The molecule has 0 aliphatic heterocycles. The van der Waals surface area contributed by atoms with Gasteiger partial charge in [-0.2, -0.15) is 0 Å². The number of para-hydroxylation sites is 1. The van der Waals surface area contributed by atoms with Crippen LogP contribution in [0.2, 0.25) is 0 Å². The van der Waals surface area contributed by atoms with Crippen LogP contribution in [0.1, 0.15) is 29.3 Å². The number of carbonyl (C=O) groups excluding carboxylic acids is 2. The highest BCUT2D eigenvalue weighted by molar-refractivity contribution is 7.90. The zero-order valence-electron chi connectivity index (χ0n) is 14.0. The van der Waals surface area contributed by atoms with Gasteiger partial charge >= 0.3 is 0 Å². The first-order valence-corrected chi connectivity index (χ1v) is 9.16. The number of hydrogen-bond acceptors (Lipinski definition) is 5. The predicted molar refractivity (Wildman–Crippen MR) is 93.1 cm³/mol. The first-order chi connectivity index (χ1) is 11.9. The number of rotatable bonds is 7. The van der Waals surface area contributed by atoms with Crippen LogP contribution in [0.4, 0.5) is 0 Å². The van der Waals surface area contributed by atoms with Gasteiger partial charge in [0.15, 0.2) is 0 Å². The number of Topliss-reactive ketones (excluding diaryl/α,β-unsaturated/α-hetero) is 1. The number of hydrogen-bond donors (Lipinski definition) is 1. The smallest absolute Gasteiger partial charge is 0.268 e. The molecule has 0 bridgehead atoms. The molecule has 0 atom stereocenters. The third-order valence-electron chi connectivity index (χ3n) is 3.61. The van der Waals surface area contributed by atoms with Crippen LogP contribution in [-0.4, -0.2) is 27.2 Å². The quantitative estimate of drug-likeness (QED) is 0.817. The summed E-state index contributed by atoms with van der Waals surface area (Å²) in [6, 6.07) is 12.2. The summed E-state index contributed by atoms with van der Waals surface area (Å²) in [5, 5.41) is 0. The van der Waals surface area contributed by atoms with Gasteiger partial charge in [-0.3, -0.25) is 9.59 Å². The van der Waals surface area contributed by atoms with Gasteiger partial charge in [-0.25, -0.2) is 13.1 Å². The lowest BCUT2D eigenvalue weighted by Gasteiger charge is -2.10. The highest BCUT2D eigenvalue weighted by Crippen LogP contribution is 2.18. The number of sulfonamides is 1. The molecule has 0 heterocycles. The van der Waals surface area contributed by atoms with Gasteiger partial charge in [-0.15, -0.1) is 0 Å². The number of amides is 1. The second-order valence-corrected chi connectivity index (χ2v) is 7.03. The van der Waals surface area contributed by atoms with E-state index in [-0.39, 0.29) is 28.4 Å². The summed E-state index contributed by atoms with van der Waals surface area (Å²) < 4.78 is 31.8. The fraction of sp³-hybridized carbons (Fsp3) is 0.222. The Kier molecular flexibility index (Phi) is 5.93. The number of ether oxygens (including phenoxy) is 1. The third-order valence-corrected chi connectivity index (χ3v) is 4.95. The molecule has 2 rings (SSSR count). The molecular formula is C18H19NO5S. The van der Waals surface area contributed by atoms with Gasteiger partial charge in [0.1, 0.15) is 11.5 Å². The minimum atomic E-state index is -4.02. The summed E-state index contributed by atoms with van der Waals surface area (Å²) in [7, 11) is -2.62. The summed E-state index contributed by atoms with van der Waals surface area (Å²) in [6.45, 7) is 1.77. The van der Waals surface area contributed by atoms with Crippen molar-refractivity contribution in [3.8, 4) is 5.75 Å². The van der Waals surface area contributed by atoms with Crippen LogP contribution in [0.3, 0.4) is 0 Å². The summed E-state index contributed by atoms with van der Waals surface area (Å²) in [6.07, 6.45) is 0.680. The topological polar surface area (TPSA) is 89.5 Å². The van der Waals surface area contributed by atoms with Crippen LogP contribution in [0.5, 0.6) is 5.75 Å². The van der Waals surface area contributed by atoms with E-state index in [0.29, 0.717) is 6.42 Å². The molecule has 25 heavy (non-hydrogen) atoms. The Morgan fingerprint density at radius 3 is 2.28 bits per heavy atom. The van der Waals surface area contributed by atoms with Crippen molar-refractivity contribution >= 4 is 21.7 Å². The fourth-order valence-electron chi connectivity index (χ4n) is 2.21. The molecular weight excluding hydrogens is 342 g/mol. The molecule has 1 amide bonds. The average Bonchev–Trinajstić information content (AvgIpc) is 2.61. The lowest BCUT2D eigenvalue weighted by atomic mass is 10.1. The molecule has 0 spiro atoms. The maximum atomic E-state index is 12.4. The molecule has 0 unspecified atom stereocenters. The Bertz CT molecular complexity index is 873. The van der Waals surface area contributed by atoms with E-state index in [1.54, 1.807) is 37.3 Å². The molecule has 0 aliphatic carbocycles. The van der Waals surface area contributed by atoms with E-state index in [4.69, 9.17) is 4.74 Å². The molecule has 2 aromatic rings. The van der Waals surface area contributed by atoms with Gasteiger partial charge in [-0.1, -0.05) is 31.2 Å². The van der Waals surface area contributed by atoms with Gasteiger partial charge in [-0.05, 0) is 29.8 Å². The van der Waals surface area contributed by atoms with E-state index in [1.807, 2.05) is 4.72 Å². The summed E-state index contributed by atoms with van der Waals surface area (Å²) >= 11 is 0. The molecule has 0 fully saturated rings. The van der Waals surface area contributed by atoms with Gasteiger partial charge < -0.3 is 4.74 Å². The van der Waals surface area contributed by atoms with Gasteiger partial charge in [0.25, 0.3) is 15.9 Å². The maximum Gasteiger partial charge on any atom is 0.268 e. The molecule has 0 saturated carbocycles. The average molecular weight is 361 g/mol. The van der Waals surface area contributed by atoms with Gasteiger partial charge in [0, 0.05) is 12.8 Å². The monoisotopic (exact) mass is 361 g/mol. The molecule has 0 saturated heterocycles. The normalized spacial score (nSPS) is 11.0. The Balaban J connectivity index is 2.18. The van der Waals surface area contributed by atoms with Crippen LogP contribution in [0.25, 0.3) is 0 Å². The van der Waals surface area contributed by atoms with Crippen LogP contribution >= 0.6 is 0 Å². The van der Waals surface area contributed by atoms with Crippen molar-refractivity contribution in [3.05, 3.63) is 59.7 Å². The zero-order chi connectivity index (χ0) is 18.4. The number of benzene rings is 2. The van der Waals surface area contributed by atoms with Gasteiger partial charge in [0.05, 0.1) is 17.6 Å². The Morgan fingerprint density at radius 1 is 1.04 bits per heavy atom. The zero-order valence-corrected chi connectivity index (χ0v) is 14.8. The Labute approximate surface area is 146 Å². The second kappa shape index (κ2) is 7.94. The van der Waals surface area contributed by atoms with Crippen LogP contribution in [0, 0.1) is 0 Å². The lowest BCUT2D eigenvalue weighted by Crippen LogP contribution is -2.30. The van der Waals surface area contributed by atoms with Crippen molar-refractivity contribution in [1.29, 1.82) is 0 Å². The first-order valence-electron chi connectivity index (χ1n) is 7.68. The minimum absolute atomic E-state index is 0.0524. The number of carbonyl (C=O) groups is 2. The van der Waals surface area contributed by atoms with Crippen LogP contribution in [0.15, 0.2) is 53.4 Å². The predicted octanol–water partition coefficient (Wildman–Crippen LogP) is 2.34. The molecule has 0 radical (unpaired) electrons. The number of methoxy groups -OCH3 is 1. The van der Waals surface area contributed by atoms with Crippen molar-refractivity contribution < 1.29 is 22.7 Å². The number of ketones is 1. The lowest BCUT2D eigenvalue weighted by molar-refractivity contribution is -0.118. The largest absolute Gasteiger partial charge is 0.496 e. The van der Waals surface area contributed by atoms with Crippen molar-refractivity contribution in [2.75, 3.05) is 7.11 Å². The van der Waals surface area contributed by atoms with E-state index in [2.05, 4.69) is 0 Å². The summed E-state index contributed by atoms with van der Waals surface area (Å²) in [4.78, 5) is 23.6. The van der Waals surface area contributed by atoms with Crippen molar-refractivity contribution in [2.24, 2.45) is 0 Å². The first kappa shape index (κ1) is 18.7. The third kappa shape index (κ3) is 4.67. The molecule has 2 aromatic carbocycles. The summed E-state index contributed by atoms with van der Waals surface area (Å²) in [5.74, 6) is -0.425. The molecule has 1 N–H and O–H groups in total. The molecule has 0 aromatic heterocycles. The minimum Gasteiger partial charge on any atom is -0.496 e. The molecule has 6 nitrogen and oxygen atoms in total. The highest BCUT2D eigenvalue weighted by Gasteiger charge is 2.20. The van der Waals surface area contributed by atoms with E-state index in [0.717, 1.165) is 5.56 Å². The van der Waals surface area contributed by atoms with E-state index < -0.39 is 15.9 Å². The standard InChI is InChI=1S/C18H19NO5S/c1-3-14(20)12-13-8-10-15(11-9-13)25(22,23)19-18(21)16-6-4-5-7-17(16)24-2/h4-11H,3,12H2,1-2H3,(H,19,21). The number of nitrogens with one attached hydrogen (secondary N) is 1. The molecule has 0 aliphatic rings. The van der Waals surface area contributed by atoms with Gasteiger partial charge in [0.2, 0.25) is 0 Å². The van der Waals surface area contributed by atoms with Crippen molar-refractivity contribution in [1.82, 2.24) is 4.72 Å².